The van der Waals surface area contributed by atoms with E-state index in [0.29, 0.717) is 12.0 Å². The Morgan fingerprint density at radius 3 is 2.69 bits per heavy atom. The van der Waals surface area contributed by atoms with E-state index in [1.54, 1.807) is 12.1 Å². The lowest BCUT2D eigenvalue weighted by Crippen LogP contribution is -2.22. The van der Waals surface area contributed by atoms with Crippen molar-refractivity contribution in [3.05, 3.63) is 27.3 Å². The predicted octanol–water partition coefficient (Wildman–Crippen LogP) is 1.43. The molecule has 0 aliphatic rings. The summed E-state index contributed by atoms with van der Waals surface area (Å²) in [5.41, 5.74) is 0.423. The molecule has 0 spiro atoms. The van der Waals surface area contributed by atoms with E-state index in [2.05, 4.69) is 22.6 Å². The maximum Gasteiger partial charge on any atom is 0.121 e. The van der Waals surface area contributed by atoms with Gasteiger partial charge in [-0.1, -0.05) is 0 Å². The van der Waals surface area contributed by atoms with Gasteiger partial charge in [0.15, 0.2) is 0 Å². The van der Waals surface area contributed by atoms with Crippen molar-refractivity contribution in [2.45, 2.75) is 18.6 Å². The van der Waals surface area contributed by atoms with Crippen LogP contribution in [0.25, 0.3) is 0 Å². The third kappa shape index (κ3) is 3.31. The number of halogens is 1. The monoisotopic (exact) mass is 338 g/mol. The summed E-state index contributed by atoms with van der Waals surface area (Å²) in [6.45, 7) is -0.0692. The first-order valence-electron chi connectivity index (χ1n) is 4.90. The highest BCUT2D eigenvalue weighted by atomic mass is 127. The van der Waals surface area contributed by atoms with Crippen LogP contribution in [0, 0.1) is 3.57 Å². The molecule has 0 heterocycles. The molecule has 0 fully saturated rings. The van der Waals surface area contributed by atoms with Crippen molar-refractivity contribution in [1.29, 1.82) is 0 Å². The Morgan fingerprint density at radius 2 is 2.12 bits per heavy atom. The minimum atomic E-state index is -0.938. The third-order valence-corrected chi connectivity index (χ3v) is 3.05. The SMILES string of the molecule is CO[C@@H](CCO)[C@@H](O)c1cc(I)ccc1O. The summed E-state index contributed by atoms with van der Waals surface area (Å²) in [6.07, 6.45) is -1.14. The average molecular weight is 338 g/mol. The van der Waals surface area contributed by atoms with Crippen LogP contribution in [-0.2, 0) is 4.74 Å². The van der Waals surface area contributed by atoms with Crippen LogP contribution in [0.5, 0.6) is 5.75 Å². The first kappa shape index (κ1) is 13.7. The van der Waals surface area contributed by atoms with Crippen molar-refractivity contribution in [2.24, 2.45) is 0 Å². The molecule has 0 aromatic heterocycles. The Hall–Kier alpha value is -0.370. The molecule has 1 aromatic carbocycles. The van der Waals surface area contributed by atoms with Gasteiger partial charge in [-0.05, 0) is 47.2 Å². The van der Waals surface area contributed by atoms with E-state index in [1.165, 1.54) is 13.2 Å². The van der Waals surface area contributed by atoms with Crippen LogP contribution in [0.2, 0.25) is 0 Å². The Morgan fingerprint density at radius 1 is 1.44 bits per heavy atom. The minimum Gasteiger partial charge on any atom is -0.508 e. The normalized spacial score (nSPS) is 14.8. The molecular formula is C11H15IO4. The largest absolute Gasteiger partial charge is 0.508 e. The quantitative estimate of drug-likeness (QED) is 0.711. The molecule has 16 heavy (non-hydrogen) atoms. The molecule has 3 N–H and O–H groups in total. The Kier molecular flexibility index (Phi) is 5.47. The summed E-state index contributed by atoms with van der Waals surface area (Å²) in [6, 6.07) is 4.98. The van der Waals surface area contributed by atoms with Gasteiger partial charge in [-0.3, -0.25) is 0 Å². The molecule has 0 saturated heterocycles. The van der Waals surface area contributed by atoms with Gasteiger partial charge in [-0.25, -0.2) is 0 Å². The highest BCUT2D eigenvalue weighted by Crippen LogP contribution is 2.30. The molecule has 1 rings (SSSR count). The molecule has 0 radical (unpaired) electrons. The summed E-state index contributed by atoms with van der Waals surface area (Å²) >= 11 is 2.10. The van der Waals surface area contributed by atoms with Crippen molar-refractivity contribution in [3.63, 3.8) is 0 Å². The number of rotatable bonds is 5. The van der Waals surface area contributed by atoms with Crippen LogP contribution in [0.3, 0.4) is 0 Å². The van der Waals surface area contributed by atoms with Crippen LogP contribution >= 0.6 is 22.6 Å². The topological polar surface area (TPSA) is 69.9 Å². The van der Waals surface area contributed by atoms with E-state index in [-0.39, 0.29) is 12.4 Å². The van der Waals surface area contributed by atoms with E-state index in [1.807, 2.05) is 0 Å². The van der Waals surface area contributed by atoms with Crippen molar-refractivity contribution in [3.8, 4) is 5.75 Å². The lowest BCUT2D eigenvalue weighted by Gasteiger charge is -2.22. The zero-order valence-electron chi connectivity index (χ0n) is 8.93. The second-order valence-electron chi connectivity index (χ2n) is 3.43. The van der Waals surface area contributed by atoms with Crippen molar-refractivity contribution < 1.29 is 20.1 Å². The number of phenols is 1. The van der Waals surface area contributed by atoms with Crippen LogP contribution in [0.4, 0.5) is 0 Å². The highest BCUT2D eigenvalue weighted by molar-refractivity contribution is 14.1. The van der Waals surface area contributed by atoms with Crippen LogP contribution in [0.15, 0.2) is 18.2 Å². The van der Waals surface area contributed by atoms with Gasteiger partial charge in [-0.15, -0.1) is 0 Å². The number of methoxy groups -OCH3 is 1. The molecule has 4 nitrogen and oxygen atoms in total. The maximum absolute atomic E-state index is 10.0. The number of aliphatic hydroxyl groups excluding tert-OH is 2. The molecule has 0 unspecified atom stereocenters. The van der Waals surface area contributed by atoms with E-state index >= 15 is 0 Å². The maximum atomic E-state index is 10.0. The van der Waals surface area contributed by atoms with Crippen molar-refractivity contribution in [2.75, 3.05) is 13.7 Å². The molecule has 0 saturated carbocycles. The molecule has 0 bridgehead atoms. The van der Waals surface area contributed by atoms with Crippen LogP contribution in [0.1, 0.15) is 18.1 Å². The zero-order valence-corrected chi connectivity index (χ0v) is 11.1. The van der Waals surface area contributed by atoms with Gasteiger partial charge in [0.25, 0.3) is 0 Å². The molecule has 90 valence electrons. The minimum absolute atomic E-state index is 0.0351. The molecular weight excluding hydrogens is 323 g/mol. The van der Waals surface area contributed by atoms with Gasteiger partial charge in [0, 0.05) is 22.9 Å². The summed E-state index contributed by atoms with van der Waals surface area (Å²) in [5, 5.41) is 28.5. The van der Waals surface area contributed by atoms with E-state index in [0.717, 1.165) is 3.57 Å². The highest BCUT2D eigenvalue weighted by Gasteiger charge is 2.22. The smallest absolute Gasteiger partial charge is 0.121 e. The molecule has 0 amide bonds. The number of hydrogen-bond donors (Lipinski definition) is 3. The second kappa shape index (κ2) is 6.39. The third-order valence-electron chi connectivity index (χ3n) is 2.38. The first-order valence-corrected chi connectivity index (χ1v) is 5.98. The lowest BCUT2D eigenvalue weighted by atomic mass is 10.0. The Bertz CT molecular complexity index is 343. The summed E-state index contributed by atoms with van der Waals surface area (Å²) in [4.78, 5) is 0. The van der Waals surface area contributed by atoms with Crippen molar-refractivity contribution >= 4 is 22.6 Å². The molecule has 2 atom stereocenters. The van der Waals surface area contributed by atoms with E-state index in [4.69, 9.17) is 9.84 Å². The number of phenolic OH excluding ortho intramolecular Hbond substituents is 1. The van der Waals surface area contributed by atoms with Gasteiger partial charge in [0.05, 0.1) is 6.10 Å². The Balaban J connectivity index is 2.93. The van der Waals surface area contributed by atoms with Gasteiger partial charge >= 0.3 is 0 Å². The fourth-order valence-corrected chi connectivity index (χ4v) is 2.01. The van der Waals surface area contributed by atoms with Crippen LogP contribution in [-0.4, -0.2) is 35.1 Å². The van der Waals surface area contributed by atoms with E-state index < -0.39 is 12.2 Å². The fraction of sp³-hybridized carbons (Fsp3) is 0.455. The number of ether oxygens (including phenoxy) is 1. The Labute approximate surface area is 108 Å². The molecule has 0 aliphatic carbocycles. The number of aromatic hydroxyl groups is 1. The summed E-state index contributed by atoms with van der Waals surface area (Å²) < 4.78 is 6.00. The average Bonchev–Trinajstić information content (AvgIpc) is 2.28. The lowest BCUT2D eigenvalue weighted by molar-refractivity contribution is -0.0262. The zero-order chi connectivity index (χ0) is 12.1. The van der Waals surface area contributed by atoms with Gasteiger partial charge in [0.2, 0.25) is 0 Å². The van der Waals surface area contributed by atoms with Gasteiger partial charge < -0.3 is 20.1 Å². The molecule has 1 aromatic rings. The summed E-state index contributed by atoms with van der Waals surface area (Å²) in [7, 11) is 1.47. The predicted molar refractivity (Wildman–Crippen MR) is 68.3 cm³/mol. The molecule has 5 heteroatoms. The first-order chi connectivity index (χ1) is 7.60. The van der Waals surface area contributed by atoms with Crippen LogP contribution < -0.4 is 0 Å². The number of aliphatic hydroxyl groups is 2. The van der Waals surface area contributed by atoms with Gasteiger partial charge in [0.1, 0.15) is 11.9 Å². The van der Waals surface area contributed by atoms with Gasteiger partial charge in [-0.2, -0.15) is 0 Å². The number of hydrogen-bond acceptors (Lipinski definition) is 4. The second-order valence-corrected chi connectivity index (χ2v) is 4.68. The van der Waals surface area contributed by atoms with Crippen molar-refractivity contribution in [1.82, 2.24) is 0 Å². The summed E-state index contributed by atoms with van der Waals surface area (Å²) in [5.74, 6) is 0.0351. The molecule has 0 aliphatic heterocycles. The standard InChI is InChI=1S/C11H15IO4/c1-16-10(4-5-13)11(15)8-6-7(12)2-3-9(8)14/h2-3,6,10-11,13-15H,4-5H2,1H3/t10-,11-/m0/s1. The number of benzene rings is 1. The fourth-order valence-electron chi connectivity index (χ4n) is 1.49. The van der Waals surface area contributed by atoms with E-state index in [9.17, 15) is 10.2 Å².